The molecule has 0 amide bonds. The Kier molecular flexibility index (Phi) is 7.18. The van der Waals surface area contributed by atoms with E-state index in [1.165, 1.54) is 43.8 Å². The third-order valence-corrected chi connectivity index (χ3v) is 10.3. The van der Waals surface area contributed by atoms with Crippen molar-refractivity contribution >= 4 is 60.5 Å². The molecule has 0 saturated heterocycles. The van der Waals surface area contributed by atoms with E-state index in [-0.39, 0.29) is 0 Å². The highest BCUT2D eigenvalue weighted by molar-refractivity contribution is 6.15. The number of furan rings is 1. The first-order valence-corrected chi connectivity index (χ1v) is 17.8. The Morgan fingerprint density at radius 2 is 0.885 bits per heavy atom. The maximum Gasteiger partial charge on any atom is 0.136 e. The fourth-order valence-electron chi connectivity index (χ4n) is 7.75. The summed E-state index contributed by atoms with van der Waals surface area (Å²) >= 11 is 0. The number of fused-ring (bicyclic) bond motifs is 5. The van der Waals surface area contributed by atoms with Crippen molar-refractivity contribution in [1.29, 1.82) is 0 Å². The first-order valence-electron chi connectivity index (χ1n) is 17.8. The van der Waals surface area contributed by atoms with Gasteiger partial charge in [-0.3, -0.25) is 0 Å². The van der Waals surface area contributed by atoms with Crippen LogP contribution in [-0.4, -0.2) is 0 Å². The average molecular weight is 664 g/mol. The van der Waals surface area contributed by atoms with Gasteiger partial charge in [-0.05, 0) is 98.1 Å². The molecule has 244 valence electrons. The number of hydrogen-bond acceptors (Lipinski definition) is 2. The van der Waals surface area contributed by atoms with E-state index in [2.05, 4.69) is 205 Å². The molecule has 1 aromatic heterocycles. The maximum absolute atomic E-state index is 6.42. The predicted molar refractivity (Wildman–Crippen MR) is 220 cm³/mol. The summed E-state index contributed by atoms with van der Waals surface area (Å²) in [4.78, 5) is 2.38. The molecule has 2 nitrogen and oxygen atoms in total. The molecule has 52 heavy (non-hydrogen) atoms. The van der Waals surface area contributed by atoms with Crippen molar-refractivity contribution in [2.45, 2.75) is 0 Å². The third-order valence-electron chi connectivity index (χ3n) is 10.3. The van der Waals surface area contributed by atoms with Gasteiger partial charge in [0.15, 0.2) is 0 Å². The topological polar surface area (TPSA) is 16.4 Å². The van der Waals surface area contributed by atoms with E-state index >= 15 is 0 Å². The zero-order valence-electron chi connectivity index (χ0n) is 28.4. The van der Waals surface area contributed by atoms with Gasteiger partial charge in [-0.2, -0.15) is 0 Å². The number of hydrogen-bond donors (Lipinski definition) is 0. The van der Waals surface area contributed by atoms with Gasteiger partial charge in [-0.1, -0.05) is 152 Å². The van der Waals surface area contributed by atoms with Crippen molar-refractivity contribution in [3.05, 3.63) is 200 Å². The summed E-state index contributed by atoms with van der Waals surface area (Å²) in [6, 6.07) is 71.7. The molecule has 0 saturated carbocycles. The van der Waals surface area contributed by atoms with E-state index in [0.29, 0.717) is 0 Å². The van der Waals surface area contributed by atoms with Crippen molar-refractivity contribution in [3.63, 3.8) is 0 Å². The van der Waals surface area contributed by atoms with Gasteiger partial charge in [0.2, 0.25) is 0 Å². The fourth-order valence-corrected chi connectivity index (χ4v) is 7.75. The average Bonchev–Trinajstić information content (AvgIpc) is 3.59. The van der Waals surface area contributed by atoms with Gasteiger partial charge in [0.1, 0.15) is 11.2 Å². The minimum Gasteiger partial charge on any atom is -0.456 e. The minimum atomic E-state index is 0.900. The highest BCUT2D eigenvalue weighted by Crippen LogP contribution is 2.44. The van der Waals surface area contributed by atoms with Crippen LogP contribution in [0.2, 0.25) is 0 Å². The first-order chi connectivity index (χ1) is 25.8. The lowest BCUT2D eigenvalue weighted by Crippen LogP contribution is -2.10. The first kappa shape index (κ1) is 30.0. The van der Waals surface area contributed by atoms with Gasteiger partial charge >= 0.3 is 0 Å². The van der Waals surface area contributed by atoms with Crippen LogP contribution in [0.4, 0.5) is 17.1 Å². The number of anilines is 3. The van der Waals surface area contributed by atoms with Crippen LogP contribution in [-0.2, 0) is 0 Å². The standard InChI is InChI=1S/C50H33NO/c1-3-12-34(13-4-1)35-22-26-40(27-23-35)51(47-31-30-42(36-14-5-2-6-15-36)44-18-9-10-19-45(44)47)41-28-24-37(25-29-41)43-20-11-21-48-50(43)46-32-38-16-7-8-17-39(38)33-49(46)52-48/h1-33H. The molecule has 0 fully saturated rings. The fraction of sp³-hybridized carbons (Fsp3) is 0. The van der Waals surface area contributed by atoms with Crippen molar-refractivity contribution in [1.82, 2.24) is 0 Å². The number of nitrogens with zero attached hydrogens (tertiary/aromatic N) is 1. The summed E-state index contributed by atoms with van der Waals surface area (Å²) in [5.41, 5.74) is 12.3. The second kappa shape index (κ2) is 12.5. The Labute approximate surface area is 302 Å². The minimum absolute atomic E-state index is 0.900. The van der Waals surface area contributed by atoms with E-state index in [4.69, 9.17) is 4.42 Å². The largest absolute Gasteiger partial charge is 0.456 e. The predicted octanol–water partition coefficient (Wildman–Crippen LogP) is 14.4. The molecular weight excluding hydrogens is 631 g/mol. The quantitative estimate of drug-likeness (QED) is 0.176. The molecule has 0 bridgehead atoms. The van der Waals surface area contributed by atoms with Crippen LogP contribution in [0.1, 0.15) is 0 Å². The van der Waals surface area contributed by atoms with Gasteiger partial charge < -0.3 is 9.32 Å². The second-order valence-electron chi connectivity index (χ2n) is 13.3. The molecule has 0 spiro atoms. The van der Waals surface area contributed by atoms with Gasteiger partial charge in [-0.25, -0.2) is 0 Å². The van der Waals surface area contributed by atoms with Crippen LogP contribution in [0.15, 0.2) is 205 Å². The van der Waals surface area contributed by atoms with Crippen LogP contribution in [0.25, 0.3) is 76.9 Å². The maximum atomic E-state index is 6.42. The molecule has 0 unspecified atom stereocenters. The van der Waals surface area contributed by atoms with Crippen LogP contribution < -0.4 is 4.90 Å². The lowest BCUT2D eigenvalue weighted by Gasteiger charge is -2.28. The van der Waals surface area contributed by atoms with Crippen molar-refractivity contribution in [2.75, 3.05) is 4.90 Å². The van der Waals surface area contributed by atoms with E-state index in [1.54, 1.807) is 0 Å². The molecule has 1 heterocycles. The summed E-state index contributed by atoms with van der Waals surface area (Å²) in [5, 5.41) is 7.09. The smallest absolute Gasteiger partial charge is 0.136 e. The number of rotatable bonds is 6. The van der Waals surface area contributed by atoms with E-state index in [9.17, 15) is 0 Å². The molecule has 10 aromatic rings. The van der Waals surface area contributed by atoms with Gasteiger partial charge in [0.25, 0.3) is 0 Å². The van der Waals surface area contributed by atoms with Gasteiger partial charge in [0, 0.05) is 27.5 Å². The molecule has 0 atom stereocenters. The monoisotopic (exact) mass is 663 g/mol. The SMILES string of the molecule is c1ccc(-c2ccc(N(c3ccc(-c4cccc5oc6cc7ccccc7cc6c45)cc3)c3ccc(-c4ccccc4)c4ccccc34)cc2)cc1. The van der Waals surface area contributed by atoms with Crippen molar-refractivity contribution in [3.8, 4) is 33.4 Å². The van der Waals surface area contributed by atoms with E-state index in [1.807, 2.05) is 0 Å². The Morgan fingerprint density at radius 3 is 1.60 bits per heavy atom. The molecule has 0 aliphatic carbocycles. The van der Waals surface area contributed by atoms with Crippen LogP contribution in [0, 0.1) is 0 Å². The highest BCUT2D eigenvalue weighted by atomic mass is 16.3. The van der Waals surface area contributed by atoms with Gasteiger partial charge in [-0.15, -0.1) is 0 Å². The molecule has 10 rings (SSSR count). The lowest BCUT2D eigenvalue weighted by molar-refractivity contribution is 0.669. The molecule has 0 aliphatic rings. The molecular formula is C50H33NO. The zero-order chi connectivity index (χ0) is 34.4. The lowest BCUT2D eigenvalue weighted by atomic mass is 9.96. The molecule has 0 N–H and O–H groups in total. The molecule has 2 heteroatoms. The normalized spacial score (nSPS) is 11.5. The summed E-state index contributed by atoms with van der Waals surface area (Å²) in [7, 11) is 0. The van der Waals surface area contributed by atoms with Crippen LogP contribution in [0.3, 0.4) is 0 Å². The Balaban J connectivity index is 1.12. The summed E-state index contributed by atoms with van der Waals surface area (Å²) < 4.78 is 6.42. The third kappa shape index (κ3) is 5.12. The van der Waals surface area contributed by atoms with Crippen molar-refractivity contribution < 1.29 is 4.42 Å². The summed E-state index contributed by atoms with van der Waals surface area (Å²) in [6.07, 6.45) is 0. The van der Waals surface area contributed by atoms with Crippen molar-refractivity contribution in [2.24, 2.45) is 0 Å². The second-order valence-corrected chi connectivity index (χ2v) is 13.3. The number of benzene rings is 9. The molecule has 0 aliphatic heterocycles. The summed E-state index contributed by atoms with van der Waals surface area (Å²) in [6.45, 7) is 0. The van der Waals surface area contributed by atoms with Crippen LogP contribution in [0.5, 0.6) is 0 Å². The van der Waals surface area contributed by atoms with E-state index in [0.717, 1.165) is 50.1 Å². The molecule has 9 aromatic carbocycles. The Hall–Kier alpha value is -6.90. The van der Waals surface area contributed by atoms with Crippen LogP contribution >= 0.6 is 0 Å². The Bertz CT molecular complexity index is 2870. The highest BCUT2D eigenvalue weighted by Gasteiger charge is 2.19. The Morgan fingerprint density at radius 1 is 0.327 bits per heavy atom. The van der Waals surface area contributed by atoms with E-state index < -0.39 is 0 Å². The van der Waals surface area contributed by atoms with Gasteiger partial charge in [0.05, 0.1) is 5.69 Å². The molecule has 0 radical (unpaired) electrons. The zero-order valence-corrected chi connectivity index (χ0v) is 28.4. The summed E-state index contributed by atoms with van der Waals surface area (Å²) in [5.74, 6) is 0.